The zero-order valence-corrected chi connectivity index (χ0v) is 13.4. The van der Waals surface area contributed by atoms with Crippen LogP contribution in [-0.4, -0.2) is 19.7 Å². The van der Waals surface area contributed by atoms with E-state index in [0.29, 0.717) is 12.0 Å². The maximum absolute atomic E-state index is 5.24. The molecular weight excluding hydrogens is 290 g/mol. The normalized spacial score (nSPS) is 12.8. The third-order valence-electron chi connectivity index (χ3n) is 3.23. The SMILES string of the molecule is CCNC(CCc1ccc(OC)c(Br)c1)C(C)C. The molecule has 0 spiro atoms. The Morgan fingerprint density at radius 3 is 2.56 bits per heavy atom. The van der Waals surface area contributed by atoms with Crippen LogP contribution in [0.25, 0.3) is 0 Å². The molecule has 1 N–H and O–H groups in total. The Labute approximate surface area is 119 Å². The van der Waals surface area contributed by atoms with Crippen LogP contribution in [0.15, 0.2) is 22.7 Å². The van der Waals surface area contributed by atoms with E-state index in [1.165, 1.54) is 12.0 Å². The lowest BCUT2D eigenvalue weighted by Crippen LogP contribution is -2.34. The average molecular weight is 314 g/mol. The van der Waals surface area contributed by atoms with Gasteiger partial charge in [-0.1, -0.05) is 26.8 Å². The van der Waals surface area contributed by atoms with Gasteiger partial charge in [0, 0.05) is 6.04 Å². The molecule has 0 aliphatic carbocycles. The molecule has 1 aromatic rings. The number of rotatable bonds is 7. The first-order chi connectivity index (χ1) is 8.58. The lowest BCUT2D eigenvalue weighted by molar-refractivity contribution is 0.385. The molecule has 0 aliphatic rings. The molecule has 0 aromatic heterocycles. The zero-order valence-electron chi connectivity index (χ0n) is 11.8. The van der Waals surface area contributed by atoms with Gasteiger partial charge in [-0.05, 0) is 58.9 Å². The molecule has 18 heavy (non-hydrogen) atoms. The van der Waals surface area contributed by atoms with E-state index in [1.807, 2.05) is 6.07 Å². The lowest BCUT2D eigenvalue weighted by Gasteiger charge is -2.21. The van der Waals surface area contributed by atoms with Gasteiger partial charge < -0.3 is 10.1 Å². The van der Waals surface area contributed by atoms with Crippen molar-refractivity contribution >= 4 is 15.9 Å². The van der Waals surface area contributed by atoms with Gasteiger partial charge in [0.2, 0.25) is 0 Å². The highest BCUT2D eigenvalue weighted by molar-refractivity contribution is 9.10. The molecule has 0 bridgehead atoms. The largest absolute Gasteiger partial charge is 0.496 e. The topological polar surface area (TPSA) is 21.3 Å². The first-order valence-electron chi connectivity index (χ1n) is 6.64. The fourth-order valence-corrected chi connectivity index (χ4v) is 2.71. The minimum Gasteiger partial charge on any atom is -0.496 e. The van der Waals surface area contributed by atoms with Crippen molar-refractivity contribution in [2.45, 2.75) is 39.7 Å². The highest BCUT2D eigenvalue weighted by Crippen LogP contribution is 2.26. The van der Waals surface area contributed by atoms with Crippen molar-refractivity contribution in [2.24, 2.45) is 5.92 Å². The van der Waals surface area contributed by atoms with Crippen molar-refractivity contribution in [2.75, 3.05) is 13.7 Å². The minimum atomic E-state index is 0.593. The predicted molar refractivity (Wildman–Crippen MR) is 81.3 cm³/mol. The Hall–Kier alpha value is -0.540. The molecule has 3 heteroatoms. The Bertz CT molecular complexity index is 366. The molecule has 0 aliphatic heterocycles. The summed E-state index contributed by atoms with van der Waals surface area (Å²) in [5.74, 6) is 1.57. The fraction of sp³-hybridized carbons (Fsp3) is 0.600. The Kier molecular flexibility index (Phi) is 6.72. The number of methoxy groups -OCH3 is 1. The van der Waals surface area contributed by atoms with E-state index in [0.717, 1.165) is 23.2 Å². The van der Waals surface area contributed by atoms with Gasteiger partial charge in [-0.3, -0.25) is 0 Å². The highest BCUT2D eigenvalue weighted by atomic mass is 79.9. The number of nitrogens with one attached hydrogen (secondary N) is 1. The molecular formula is C15H24BrNO. The minimum absolute atomic E-state index is 0.593. The monoisotopic (exact) mass is 313 g/mol. The third-order valence-corrected chi connectivity index (χ3v) is 3.85. The van der Waals surface area contributed by atoms with Gasteiger partial charge >= 0.3 is 0 Å². The third kappa shape index (κ3) is 4.62. The molecule has 0 radical (unpaired) electrons. The van der Waals surface area contributed by atoms with Crippen LogP contribution in [0.3, 0.4) is 0 Å². The van der Waals surface area contributed by atoms with Crippen LogP contribution in [0.1, 0.15) is 32.8 Å². The second-order valence-corrected chi connectivity index (χ2v) is 5.77. The zero-order chi connectivity index (χ0) is 13.5. The maximum atomic E-state index is 5.24. The Morgan fingerprint density at radius 1 is 1.33 bits per heavy atom. The van der Waals surface area contributed by atoms with Gasteiger partial charge in [-0.15, -0.1) is 0 Å². The van der Waals surface area contributed by atoms with Gasteiger partial charge in [0.1, 0.15) is 5.75 Å². The summed E-state index contributed by atoms with van der Waals surface area (Å²) in [6.07, 6.45) is 2.27. The first-order valence-corrected chi connectivity index (χ1v) is 7.43. The van der Waals surface area contributed by atoms with Gasteiger partial charge in [0.05, 0.1) is 11.6 Å². The maximum Gasteiger partial charge on any atom is 0.133 e. The number of halogens is 1. The number of benzene rings is 1. The molecule has 0 heterocycles. The van der Waals surface area contributed by atoms with Crippen molar-refractivity contribution < 1.29 is 4.74 Å². The molecule has 0 saturated heterocycles. The van der Waals surface area contributed by atoms with Crippen LogP contribution in [0.5, 0.6) is 5.75 Å². The summed E-state index contributed by atoms with van der Waals surface area (Å²) in [5.41, 5.74) is 1.35. The lowest BCUT2D eigenvalue weighted by atomic mass is 9.96. The van der Waals surface area contributed by atoms with Crippen molar-refractivity contribution in [3.8, 4) is 5.75 Å². The van der Waals surface area contributed by atoms with Crippen LogP contribution in [0.2, 0.25) is 0 Å². The van der Waals surface area contributed by atoms with Crippen molar-refractivity contribution in [1.29, 1.82) is 0 Å². The predicted octanol–water partition coefficient (Wildman–Crippen LogP) is 4.02. The van der Waals surface area contributed by atoms with Crippen molar-refractivity contribution in [3.05, 3.63) is 28.2 Å². The van der Waals surface area contributed by atoms with Gasteiger partial charge in [0.15, 0.2) is 0 Å². The van der Waals surface area contributed by atoms with Crippen molar-refractivity contribution in [3.63, 3.8) is 0 Å². The molecule has 0 amide bonds. The van der Waals surface area contributed by atoms with Gasteiger partial charge in [-0.2, -0.15) is 0 Å². The summed E-state index contributed by atoms with van der Waals surface area (Å²) in [6, 6.07) is 6.92. The number of aryl methyl sites for hydroxylation is 1. The van der Waals surface area contributed by atoms with Crippen LogP contribution in [0, 0.1) is 5.92 Å². The van der Waals surface area contributed by atoms with Gasteiger partial charge in [-0.25, -0.2) is 0 Å². The Morgan fingerprint density at radius 2 is 2.06 bits per heavy atom. The summed E-state index contributed by atoms with van der Waals surface area (Å²) >= 11 is 3.53. The number of hydrogen-bond donors (Lipinski definition) is 1. The molecule has 0 fully saturated rings. The fourth-order valence-electron chi connectivity index (χ4n) is 2.12. The standard InChI is InChI=1S/C15H24BrNO/c1-5-17-14(11(2)3)8-6-12-7-9-15(18-4)13(16)10-12/h7,9-11,14,17H,5-6,8H2,1-4H3. The molecule has 0 saturated carbocycles. The van der Waals surface area contributed by atoms with Crippen LogP contribution in [-0.2, 0) is 6.42 Å². The molecule has 102 valence electrons. The highest BCUT2D eigenvalue weighted by Gasteiger charge is 2.12. The van der Waals surface area contributed by atoms with Gasteiger partial charge in [0.25, 0.3) is 0 Å². The van der Waals surface area contributed by atoms with E-state index in [2.05, 4.69) is 54.2 Å². The molecule has 1 unspecified atom stereocenters. The van der Waals surface area contributed by atoms with Crippen molar-refractivity contribution in [1.82, 2.24) is 5.32 Å². The van der Waals surface area contributed by atoms with Crippen LogP contribution >= 0.6 is 15.9 Å². The summed E-state index contributed by atoms with van der Waals surface area (Å²) in [4.78, 5) is 0. The van der Waals surface area contributed by atoms with Crippen LogP contribution in [0.4, 0.5) is 0 Å². The van der Waals surface area contributed by atoms with E-state index >= 15 is 0 Å². The summed E-state index contributed by atoms with van der Waals surface area (Å²) < 4.78 is 6.28. The smallest absolute Gasteiger partial charge is 0.133 e. The first kappa shape index (κ1) is 15.5. The van der Waals surface area contributed by atoms with E-state index in [-0.39, 0.29) is 0 Å². The van der Waals surface area contributed by atoms with Crippen LogP contribution < -0.4 is 10.1 Å². The quantitative estimate of drug-likeness (QED) is 0.820. The molecule has 2 nitrogen and oxygen atoms in total. The number of ether oxygens (including phenoxy) is 1. The van der Waals surface area contributed by atoms with E-state index in [9.17, 15) is 0 Å². The summed E-state index contributed by atoms with van der Waals surface area (Å²) in [5, 5.41) is 3.55. The van der Waals surface area contributed by atoms with E-state index in [4.69, 9.17) is 4.74 Å². The average Bonchev–Trinajstić information content (AvgIpc) is 2.34. The second-order valence-electron chi connectivity index (χ2n) is 4.92. The van der Waals surface area contributed by atoms with E-state index in [1.54, 1.807) is 7.11 Å². The summed E-state index contributed by atoms with van der Waals surface area (Å²) in [6.45, 7) is 7.75. The Balaban J connectivity index is 2.59. The number of hydrogen-bond acceptors (Lipinski definition) is 2. The molecule has 1 rings (SSSR count). The summed E-state index contributed by atoms with van der Waals surface area (Å²) in [7, 11) is 1.69. The second kappa shape index (κ2) is 7.80. The molecule has 1 atom stereocenters. The molecule has 1 aromatic carbocycles. The van der Waals surface area contributed by atoms with E-state index < -0.39 is 0 Å².